The number of hydrogen-bond donors (Lipinski definition) is 2. The first-order chi connectivity index (χ1) is 19.1. The van der Waals surface area contributed by atoms with E-state index in [0.29, 0.717) is 29.8 Å². The molecular weight excluding hydrogens is 544 g/mol. The van der Waals surface area contributed by atoms with Crippen molar-refractivity contribution in [2.24, 2.45) is 5.92 Å². The van der Waals surface area contributed by atoms with E-state index in [1.54, 1.807) is 30.3 Å². The summed E-state index contributed by atoms with van der Waals surface area (Å²) in [6.45, 7) is 3.77. The zero-order valence-corrected chi connectivity index (χ0v) is 22.5. The van der Waals surface area contributed by atoms with Gasteiger partial charge in [-0.15, -0.1) is 0 Å². The van der Waals surface area contributed by atoms with Crippen molar-refractivity contribution in [1.29, 1.82) is 0 Å². The Morgan fingerprint density at radius 2 is 1.93 bits per heavy atom. The number of aromatic nitrogens is 5. The van der Waals surface area contributed by atoms with Crippen LogP contribution in [0.5, 0.6) is 0 Å². The Kier molecular flexibility index (Phi) is 7.61. The molecule has 2 N–H and O–H groups in total. The van der Waals surface area contributed by atoms with Gasteiger partial charge in [0.2, 0.25) is 10.0 Å². The number of rotatable bonds is 11. The third-order valence-corrected chi connectivity index (χ3v) is 8.11. The van der Waals surface area contributed by atoms with Crippen molar-refractivity contribution >= 4 is 21.7 Å². The van der Waals surface area contributed by atoms with Gasteiger partial charge in [0.1, 0.15) is 29.5 Å². The molecule has 1 aromatic carbocycles. The number of amides is 1. The first-order valence-corrected chi connectivity index (χ1v) is 14.2. The third kappa shape index (κ3) is 6.17. The molecule has 1 unspecified atom stereocenters. The lowest BCUT2D eigenvalue weighted by atomic mass is 10.0. The summed E-state index contributed by atoms with van der Waals surface area (Å²) in [5.74, 6) is -2.32. The van der Waals surface area contributed by atoms with Crippen LogP contribution in [-0.2, 0) is 21.4 Å². The van der Waals surface area contributed by atoms with Crippen molar-refractivity contribution in [3.05, 3.63) is 66.1 Å². The van der Waals surface area contributed by atoms with Crippen LogP contribution in [0.3, 0.4) is 0 Å². The van der Waals surface area contributed by atoms with Crippen LogP contribution in [-0.4, -0.2) is 50.5 Å². The average molecular weight is 572 g/mol. The Labute approximate surface area is 229 Å². The quantitative estimate of drug-likeness (QED) is 0.275. The van der Waals surface area contributed by atoms with Gasteiger partial charge in [-0.3, -0.25) is 14.2 Å². The molecule has 4 aromatic rings. The second-order valence-corrected chi connectivity index (χ2v) is 11.9. The van der Waals surface area contributed by atoms with Crippen LogP contribution < -0.4 is 10.0 Å². The number of nitrogens with zero attached hydrogens (tertiary/aromatic N) is 5. The largest absolute Gasteiger partial charge is 0.364 e. The Morgan fingerprint density at radius 3 is 2.60 bits per heavy atom. The molecule has 1 amide bonds. The van der Waals surface area contributed by atoms with E-state index < -0.39 is 38.9 Å². The summed E-state index contributed by atoms with van der Waals surface area (Å²) in [4.78, 5) is 21.2. The molecule has 210 valence electrons. The molecule has 3 heterocycles. The van der Waals surface area contributed by atoms with Crippen molar-refractivity contribution in [2.75, 3.05) is 5.32 Å². The lowest BCUT2D eigenvalue weighted by molar-refractivity contribution is -0.120. The molecule has 0 aliphatic heterocycles. The molecule has 1 aliphatic rings. The van der Waals surface area contributed by atoms with E-state index in [4.69, 9.17) is 4.52 Å². The molecule has 0 saturated heterocycles. The van der Waals surface area contributed by atoms with Gasteiger partial charge in [-0.05, 0) is 37.3 Å². The number of anilines is 1. The molecule has 11 nitrogen and oxygen atoms in total. The number of carbonyl (C=O) groups is 1. The third-order valence-electron chi connectivity index (χ3n) is 6.27. The molecule has 1 atom stereocenters. The normalized spacial score (nSPS) is 14.3. The molecular formula is C26H27F2N7O4S. The van der Waals surface area contributed by atoms with Crippen LogP contribution in [0.1, 0.15) is 38.7 Å². The number of carbonyl (C=O) groups excluding carboxylic acids is 1. The second kappa shape index (κ2) is 11.1. The maximum Gasteiger partial charge on any atom is 0.255 e. The molecule has 1 aliphatic carbocycles. The summed E-state index contributed by atoms with van der Waals surface area (Å²) in [5, 5.41) is 10.6. The fourth-order valence-corrected chi connectivity index (χ4v) is 5.46. The number of benzene rings is 1. The van der Waals surface area contributed by atoms with Crippen molar-refractivity contribution in [2.45, 2.75) is 50.9 Å². The number of nitrogens with one attached hydrogen (secondary N) is 2. The topological polar surface area (TPSA) is 145 Å². The molecule has 0 radical (unpaired) electrons. The molecule has 5 rings (SSSR count). The van der Waals surface area contributed by atoms with Crippen molar-refractivity contribution in [1.82, 2.24) is 29.6 Å². The van der Waals surface area contributed by atoms with Crippen LogP contribution in [0.15, 0.2) is 53.4 Å². The first-order valence-electron chi connectivity index (χ1n) is 12.7. The van der Waals surface area contributed by atoms with E-state index in [9.17, 15) is 22.0 Å². The van der Waals surface area contributed by atoms with E-state index in [1.165, 1.54) is 17.0 Å². The summed E-state index contributed by atoms with van der Waals surface area (Å²) in [7, 11) is -3.79. The fourth-order valence-electron chi connectivity index (χ4n) is 4.12. The van der Waals surface area contributed by atoms with E-state index in [2.05, 4.69) is 30.3 Å². The highest BCUT2D eigenvalue weighted by Crippen LogP contribution is 2.28. The van der Waals surface area contributed by atoms with Crippen LogP contribution in [0.4, 0.5) is 14.6 Å². The number of sulfonamides is 1. The van der Waals surface area contributed by atoms with E-state index in [0.717, 1.165) is 6.20 Å². The van der Waals surface area contributed by atoms with E-state index in [-0.39, 0.29) is 36.2 Å². The minimum Gasteiger partial charge on any atom is -0.364 e. The molecule has 0 bridgehead atoms. The summed E-state index contributed by atoms with van der Waals surface area (Å²) in [6, 6.07) is 8.41. The van der Waals surface area contributed by atoms with Crippen LogP contribution in [0, 0.1) is 17.6 Å². The van der Waals surface area contributed by atoms with Gasteiger partial charge in [-0.1, -0.05) is 37.2 Å². The molecule has 3 aromatic heterocycles. The smallest absolute Gasteiger partial charge is 0.255 e. The van der Waals surface area contributed by atoms with Gasteiger partial charge in [0, 0.05) is 11.6 Å². The molecule has 40 heavy (non-hydrogen) atoms. The molecule has 1 saturated carbocycles. The second-order valence-electron chi connectivity index (χ2n) is 9.98. The Bertz CT molecular complexity index is 1620. The van der Waals surface area contributed by atoms with E-state index in [1.807, 2.05) is 13.8 Å². The zero-order valence-electron chi connectivity index (χ0n) is 21.7. The average Bonchev–Trinajstić information content (AvgIpc) is 3.49. The highest BCUT2D eigenvalue weighted by molar-refractivity contribution is 7.90. The minimum atomic E-state index is -3.79. The summed E-state index contributed by atoms with van der Waals surface area (Å²) in [5.41, 5.74) is 1.53. The maximum atomic E-state index is 14.8. The molecule has 0 spiro atoms. The van der Waals surface area contributed by atoms with E-state index >= 15 is 0 Å². The van der Waals surface area contributed by atoms with Gasteiger partial charge in [0.15, 0.2) is 17.5 Å². The monoisotopic (exact) mass is 571 g/mol. The maximum absolute atomic E-state index is 14.8. The summed E-state index contributed by atoms with van der Waals surface area (Å²) < 4.78 is 62.5. The van der Waals surface area contributed by atoms with Crippen LogP contribution in [0.25, 0.3) is 22.9 Å². The lowest BCUT2D eigenvalue weighted by Gasteiger charge is -2.21. The van der Waals surface area contributed by atoms with Crippen molar-refractivity contribution in [3.8, 4) is 22.9 Å². The van der Waals surface area contributed by atoms with Crippen LogP contribution >= 0.6 is 0 Å². The van der Waals surface area contributed by atoms with Gasteiger partial charge < -0.3 is 9.84 Å². The van der Waals surface area contributed by atoms with Crippen LogP contribution in [0.2, 0.25) is 0 Å². The van der Waals surface area contributed by atoms with Gasteiger partial charge in [-0.2, -0.15) is 5.10 Å². The predicted molar refractivity (Wildman–Crippen MR) is 141 cm³/mol. The van der Waals surface area contributed by atoms with Gasteiger partial charge in [0.25, 0.3) is 5.91 Å². The Morgan fingerprint density at radius 1 is 1.15 bits per heavy atom. The summed E-state index contributed by atoms with van der Waals surface area (Å²) in [6.07, 6.45) is 3.53. The standard InChI is InChI=1S/C26H27F2N7O4S/c1-15(2)11-22(26(36)34-40(37,38)17-7-8-17)30-24-19(28)13-29-25(31-24)21-12-23(20-9-10-39-33-20)35(32-21)14-16-5-3-4-6-18(16)27/h3-6,9-10,12-13,15,17,22H,7-8,11,14H2,1-2H3,(H,34,36)(H,29,30,31). The van der Waals surface area contributed by atoms with Crippen molar-refractivity contribution in [3.63, 3.8) is 0 Å². The SMILES string of the molecule is CC(C)CC(Nc1nc(-c2cc(-c3ccon3)n(Cc3ccccc3F)n2)ncc1F)C(=O)NS(=O)(=O)C1CC1. The number of hydrogen-bond acceptors (Lipinski definition) is 9. The fraction of sp³-hybridized carbons (Fsp3) is 0.346. The molecule has 1 fully saturated rings. The van der Waals surface area contributed by atoms with Gasteiger partial charge >= 0.3 is 0 Å². The predicted octanol–water partition coefficient (Wildman–Crippen LogP) is 3.76. The first kappa shape index (κ1) is 27.4. The van der Waals surface area contributed by atoms with Gasteiger partial charge in [0.05, 0.1) is 23.7 Å². The summed E-state index contributed by atoms with van der Waals surface area (Å²) >= 11 is 0. The Balaban J connectivity index is 1.45. The lowest BCUT2D eigenvalue weighted by Crippen LogP contribution is -2.44. The van der Waals surface area contributed by atoms with Crippen molar-refractivity contribution < 1.29 is 26.5 Å². The highest BCUT2D eigenvalue weighted by atomic mass is 32.2. The van der Waals surface area contributed by atoms with Gasteiger partial charge in [-0.25, -0.2) is 27.2 Å². The highest BCUT2D eigenvalue weighted by Gasteiger charge is 2.38. The number of halogens is 2. The minimum absolute atomic E-state index is 0.0182. The zero-order chi connectivity index (χ0) is 28.4. The Hall–Kier alpha value is -4.20. The molecule has 14 heteroatoms.